The monoisotopic (exact) mass is 165 g/mol. The Morgan fingerprint density at radius 2 is 2.17 bits per heavy atom. The maximum Gasteiger partial charge on any atom is 0.152 e. The van der Waals surface area contributed by atoms with Crippen LogP contribution in [0.3, 0.4) is 0 Å². The highest BCUT2D eigenvalue weighted by molar-refractivity contribution is 5.88. The molecule has 2 bridgehead atoms. The summed E-state index contributed by atoms with van der Waals surface area (Å²) in [7, 11) is 0. The molecule has 12 heavy (non-hydrogen) atoms. The molecule has 0 aliphatic carbocycles. The lowest BCUT2D eigenvalue weighted by molar-refractivity contribution is -0.112. The van der Waals surface area contributed by atoms with Crippen molar-refractivity contribution in [2.75, 3.05) is 19.6 Å². The van der Waals surface area contributed by atoms with Crippen LogP contribution in [-0.4, -0.2) is 30.3 Å². The third kappa shape index (κ3) is 1.44. The Morgan fingerprint density at radius 1 is 1.50 bits per heavy atom. The van der Waals surface area contributed by atoms with E-state index in [2.05, 4.69) is 4.90 Å². The number of ketones is 1. The Labute approximate surface area is 73.2 Å². The number of hydrogen-bond acceptors (Lipinski definition) is 2. The van der Waals surface area contributed by atoms with Crippen LogP contribution in [-0.2, 0) is 4.79 Å². The van der Waals surface area contributed by atoms with Crippen molar-refractivity contribution in [3.63, 3.8) is 0 Å². The first kappa shape index (κ1) is 7.99. The zero-order chi connectivity index (χ0) is 8.55. The van der Waals surface area contributed by atoms with Crippen molar-refractivity contribution in [3.05, 3.63) is 11.6 Å². The molecule has 66 valence electrons. The molecular weight excluding hydrogens is 150 g/mol. The molecule has 0 atom stereocenters. The van der Waals surface area contributed by atoms with Gasteiger partial charge < -0.3 is 0 Å². The highest BCUT2D eigenvalue weighted by Gasteiger charge is 2.29. The van der Waals surface area contributed by atoms with Gasteiger partial charge in [-0.15, -0.1) is 0 Å². The largest absolute Gasteiger partial charge is 0.299 e. The highest BCUT2D eigenvalue weighted by atomic mass is 16.1. The minimum atomic E-state index is 0.207. The molecule has 3 heterocycles. The van der Waals surface area contributed by atoms with Gasteiger partial charge in [0.1, 0.15) is 0 Å². The van der Waals surface area contributed by atoms with Gasteiger partial charge >= 0.3 is 0 Å². The average molecular weight is 165 g/mol. The molecule has 0 amide bonds. The van der Waals surface area contributed by atoms with Crippen molar-refractivity contribution in [2.24, 2.45) is 5.92 Å². The summed E-state index contributed by atoms with van der Waals surface area (Å²) in [5.74, 6) is 0.928. The number of allylic oxidation sites excluding steroid dienone is 1. The molecule has 0 saturated carbocycles. The molecular formula is C10H15NO. The van der Waals surface area contributed by atoms with Crippen LogP contribution < -0.4 is 0 Å². The third-order valence-electron chi connectivity index (χ3n) is 2.91. The SMILES string of the molecule is CC(=O)/C=C1/CN2CCC1CC2. The molecule has 0 aromatic rings. The summed E-state index contributed by atoms with van der Waals surface area (Å²) < 4.78 is 0. The van der Waals surface area contributed by atoms with E-state index in [9.17, 15) is 4.79 Å². The van der Waals surface area contributed by atoms with Crippen molar-refractivity contribution >= 4 is 5.78 Å². The molecule has 0 aromatic carbocycles. The van der Waals surface area contributed by atoms with Gasteiger partial charge in [0.25, 0.3) is 0 Å². The van der Waals surface area contributed by atoms with Crippen LogP contribution in [0.1, 0.15) is 19.8 Å². The van der Waals surface area contributed by atoms with Gasteiger partial charge in [-0.2, -0.15) is 0 Å². The fourth-order valence-corrected chi connectivity index (χ4v) is 2.27. The van der Waals surface area contributed by atoms with Crippen molar-refractivity contribution in [3.8, 4) is 0 Å². The lowest BCUT2D eigenvalue weighted by atomic mass is 9.83. The summed E-state index contributed by atoms with van der Waals surface area (Å²) in [6, 6.07) is 0. The normalized spacial score (nSPS) is 37.2. The summed E-state index contributed by atoms with van der Waals surface area (Å²) in [5.41, 5.74) is 1.38. The summed E-state index contributed by atoms with van der Waals surface area (Å²) in [6.45, 7) is 5.16. The number of piperidine rings is 3. The first-order valence-corrected chi connectivity index (χ1v) is 4.69. The minimum Gasteiger partial charge on any atom is -0.299 e. The standard InChI is InChI=1S/C10H15NO/c1-8(12)6-10-7-11-4-2-9(10)3-5-11/h6,9H,2-5,7H2,1H3/b10-6-. The van der Waals surface area contributed by atoms with Gasteiger partial charge in [0.2, 0.25) is 0 Å². The maximum atomic E-state index is 10.9. The van der Waals surface area contributed by atoms with Gasteiger partial charge in [-0.25, -0.2) is 0 Å². The van der Waals surface area contributed by atoms with Gasteiger partial charge in [0.05, 0.1) is 0 Å². The Hall–Kier alpha value is -0.630. The molecule has 0 aromatic heterocycles. The first-order valence-electron chi connectivity index (χ1n) is 4.69. The van der Waals surface area contributed by atoms with E-state index in [1.54, 1.807) is 6.92 Å². The predicted molar refractivity (Wildman–Crippen MR) is 47.9 cm³/mol. The van der Waals surface area contributed by atoms with E-state index in [0.29, 0.717) is 0 Å². The topological polar surface area (TPSA) is 20.3 Å². The van der Waals surface area contributed by atoms with Gasteiger partial charge in [-0.3, -0.25) is 9.69 Å². The number of hydrogen-bond donors (Lipinski definition) is 0. The van der Waals surface area contributed by atoms with Gasteiger partial charge in [0.15, 0.2) is 5.78 Å². The number of nitrogens with zero attached hydrogens (tertiary/aromatic N) is 1. The number of rotatable bonds is 1. The maximum absolute atomic E-state index is 10.9. The second-order valence-corrected chi connectivity index (χ2v) is 3.88. The molecule has 0 N–H and O–H groups in total. The van der Waals surface area contributed by atoms with E-state index < -0.39 is 0 Å². The molecule has 3 rings (SSSR count). The lowest BCUT2D eigenvalue weighted by Gasteiger charge is -2.40. The number of carbonyl (C=O) groups is 1. The predicted octanol–water partition coefficient (Wildman–Crippen LogP) is 1.23. The first-order chi connectivity index (χ1) is 5.75. The summed E-state index contributed by atoms with van der Waals surface area (Å²) in [4.78, 5) is 13.3. The third-order valence-corrected chi connectivity index (χ3v) is 2.91. The lowest BCUT2D eigenvalue weighted by Crippen LogP contribution is -2.43. The highest BCUT2D eigenvalue weighted by Crippen LogP contribution is 2.31. The van der Waals surface area contributed by atoms with Crippen molar-refractivity contribution in [2.45, 2.75) is 19.8 Å². The molecule has 0 unspecified atom stereocenters. The zero-order valence-corrected chi connectivity index (χ0v) is 7.55. The fraction of sp³-hybridized carbons (Fsp3) is 0.700. The van der Waals surface area contributed by atoms with Crippen molar-refractivity contribution in [1.29, 1.82) is 0 Å². The van der Waals surface area contributed by atoms with E-state index in [4.69, 9.17) is 0 Å². The summed E-state index contributed by atoms with van der Waals surface area (Å²) in [6.07, 6.45) is 4.37. The fourth-order valence-electron chi connectivity index (χ4n) is 2.27. The molecule has 0 radical (unpaired) electrons. The van der Waals surface area contributed by atoms with Gasteiger partial charge in [0, 0.05) is 6.54 Å². The number of carbonyl (C=O) groups excluding carboxylic acids is 1. The average Bonchev–Trinajstić information content (AvgIpc) is 2.05. The molecule has 2 heteroatoms. The Morgan fingerprint density at radius 3 is 2.58 bits per heavy atom. The van der Waals surface area contributed by atoms with Crippen LogP contribution in [0, 0.1) is 5.92 Å². The number of fused-ring (bicyclic) bond motifs is 3. The van der Waals surface area contributed by atoms with Crippen LogP contribution >= 0.6 is 0 Å². The van der Waals surface area contributed by atoms with Crippen LogP contribution in [0.2, 0.25) is 0 Å². The molecule has 3 aliphatic rings. The summed E-state index contributed by atoms with van der Waals surface area (Å²) in [5, 5.41) is 0. The second-order valence-electron chi connectivity index (χ2n) is 3.88. The molecule has 3 saturated heterocycles. The minimum absolute atomic E-state index is 0.207. The van der Waals surface area contributed by atoms with E-state index in [-0.39, 0.29) is 5.78 Å². The Kier molecular flexibility index (Phi) is 2.01. The quantitative estimate of drug-likeness (QED) is 0.545. The Bertz CT molecular complexity index is 224. The summed E-state index contributed by atoms with van der Waals surface area (Å²) >= 11 is 0. The molecule has 3 fully saturated rings. The van der Waals surface area contributed by atoms with Crippen LogP contribution in [0.25, 0.3) is 0 Å². The van der Waals surface area contributed by atoms with E-state index in [1.165, 1.54) is 31.5 Å². The van der Waals surface area contributed by atoms with Crippen molar-refractivity contribution < 1.29 is 4.79 Å². The molecule has 0 spiro atoms. The van der Waals surface area contributed by atoms with Crippen LogP contribution in [0.4, 0.5) is 0 Å². The van der Waals surface area contributed by atoms with Gasteiger partial charge in [-0.05, 0) is 50.4 Å². The second kappa shape index (κ2) is 3.02. The van der Waals surface area contributed by atoms with Gasteiger partial charge in [-0.1, -0.05) is 0 Å². The van der Waals surface area contributed by atoms with E-state index in [0.717, 1.165) is 12.5 Å². The smallest absolute Gasteiger partial charge is 0.152 e. The van der Waals surface area contributed by atoms with E-state index in [1.807, 2.05) is 6.08 Å². The van der Waals surface area contributed by atoms with E-state index >= 15 is 0 Å². The molecule has 2 nitrogen and oxygen atoms in total. The van der Waals surface area contributed by atoms with Crippen LogP contribution in [0.5, 0.6) is 0 Å². The Balaban J connectivity index is 2.13. The van der Waals surface area contributed by atoms with Crippen LogP contribution in [0.15, 0.2) is 11.6 Å². The zero-order valence-electron chi connectivity index (χ0n) is 7.55. The van der Waals surface area contributed by atoms with Crippen molar-refractivity contribution in [1.82, 2.24) is 4.90 Å². The molecule has 3 aliphatic heterocycles.